The van der Waals surface area contributed by atoms with Gasteiger partial charge >= 0.3 is 0 Å². The van der Waals surface area contributed by atoms with Gasteiger partial charge in [-0.3, -0.25) is 9.89 Å². The van der Waals surface area contributed by atoms with Gasteiger partial charge in [-0.15, -0.1) is 0 Å². The Morgan fingerprint density at radius 2 is 2.32 bits per heavy atom. The maximum atomic E-state index is 12.7. The molecule has 2 heterocycles. The van der Waals surface area contributed by atoms with Crippen molar-refractivity contribution in [3.05, 3.63) is 29.1 Å². The van der Waals surface area contributed by atoms with Gasteiger partial charge in [-0.05, 0) is 31.6 Å². The molecular formula is C15H19N3O. The minimum Gasteiger partial charge on any atom is -0.338 e. The number of nitrogens with zero attached hydrogens (tertiary/aromatic N) is 2. The summed E-state index contributed by atoms with van der Waals surface area (Å²) in [5.74, 6) is 1.77. The number of carbonyl (C=O) groups is 1. The monoisotopic (exact) mass is 257 g/mol. The Kier molecular flexibility index (Phi) is 2.34. The smallest absolute Gasteiger partial charge is 0.226 e. The SMILES string of the molecule is Cc1[nH]nc2c1CN(C(=O)[C@@H]1C[C@@H]3C=C[C@H]1C3)CC2. The fourth-order valence-corrected chi connectivity index (χ4v) is 3.92. The number of fused-ring (bicyclic) bond motifs is 3. The third-order valence-electron chi connectivity index (χ3n) is 5.03. The second-order valence-electron chi connectivity index (χ2n) is 6.17. The van der Waals surface area contributed by atoms with E-state index in [2.05, 4.69) is 22.3 Å². The van der Waals surface area contributed by atoms with Crippen LogP contribution in [0, 0.1) is 24.7 Å². The van der Waals surface area contributed by atoms with Crippen LogP contribution in [-0.2, 0) is 17.8 Å². The summed E-state index contributed by atoms with van der Waals surface area (Å²) >= 11 is 0. The summed E-state index contributed by atoms with van der Waals surface area (Å²) in [6.45, 7) is 3.61. The molecule has 1 N–H and O–H groups in total. The van der Waals surface area contributed by atoms with E-state index in [9.17, 15) is 4.79 Å². The normalized spacial score (nSPS) is 31.8. The van der Waals surface area contributed by atoms with Crippen molar-refractivity contribution in [1.82, 2.24) is 15.1 Å². The lowest BCUT2D eigenvalue weighted by Crippen LogP contribution is -2.40. The van der Waals surface area contributed by atoms with Crippen molar-refractivity contribution in [2.75, 3.05) is 6.54 Å². The third kappa shape index (κ3) is 1.66. The predicted octanol–water partition coefficient (Wildman–Crippen LogP) is 1.82. The van der Waals surface area contributed by atoms with Gasteiger partial charge in [0.25, 0.3) is 0 Å². The number of amides is 1. The molecule has 0 spiro atoms. The van der Waals surface area contributed by atoms with Crippen molar-refractivity contribution in [1.29, 1.82) is 0 Å². The first kappa shape index (κ1) is 11.3. The zero-order chi connectivity index (χ0) is 13.0. The van der Waals surface area contributed by atoms with Gasteiger partial charge in [-0.25, -0.2) is 0 Å². The highest BCUT2D eigenvalue weighted by Crippen LogP contribution is 2.44. The van der Waals surface area contributed by atoms with Gasteiger partial charge in [0, 0.05) is 36.7 Å². The topological polar surface area (TPSA) is 49.0 Å². The predicted molar refractivity (Wildman–Crippen MR) is 71.3 cm³/mol. The summed E-state index contributed by atoms with van der Waals surface area (Å²) in [7, 11) is 0. The van der Waals surface area contributed by atoms with Gasteiger partial charge in [0.2, 0.25) is 5.91 Å². The van der Waals surface area contributed by atoms with E-state index < -0.39 is 0 Å². The fourth-order valence-electron chi connectivity index (χ4n) is 3.92. The molecule has 1 saturated carbocycles. The molecule has 1 fully saturated rings. The molecule has 100 valence electrons. The summed E-state index contributed by atoms with van der Waals surface area (Å²) in [6.07, 6.45) is 7.70. The lowest BCUT2D eigenvalue weighted by atomic mass is 9.91. The van der Waals surface area contributed by atoms with E-state index in [1.165, 1.54) is 12.0 Å². The van der Waals surface area contributed by atoms with Gasteiger partial charge in [0.1, 0.15) is 0 Å². The van der Waals surface area contributed by atoms with Gasteiger partial charge in [-0.2, -0.15) is 5.10 Å². The van der Waals surface area contributed by atoms with Crippen LogP contribution in [0.3, 0.4) is 0 Å². The first-order valence-corrected chi connectivity index (χ1v) is 7.22. The Labute approximate surface area is 112 Å². The molecule has 1 aromatic rings. The number of hydrogen-bond donors (Lipinski definition) is 1. The van der Waals surface area contributed by atoms with Crippen molar-refractivity contribution in [2.45, 2.75) is 32.7 Å². The number of rotatable bonds is 1. The molecule has 4 nitrogen and oxygen atoms in total. The lowest BCUT2D eigenvalue weighted by Gasteiger charge is -2.31. The molecule has 2 bridgehead atoms. The molecule has 19 heavy (non-hydrogen) atoms. The van der Waals surface area contributed by atoms with Gasteiger partial charge in [0.15, 0.2) is 0 Å². The highest BCUT2D eigenvalue weighted by Gasteiger charge is 2.42. The van der Waals surface area contributed by atoms with E-state index in [1.807, 2.05) is 11.8 Å². The highest BCUT2D eigenvalue weighted by atomic mass is 16.2. The summed E-state index contributed by atoms with van der Waals surface area (Å²) in [4.78, 5) is 14.7. The second-order valence-corrected chi connectivity index (χ2v) is 6.17. The van der Waals surface area contributed by atoms with Crippen molar-refractivity contribution in [3.63, 3.8) is 0 Å². The zero-order valence-corrected chi connectivity index (χ0v) is 11.2. The van der Waals surface area contributed by atoms with Gasteiger partial charge < -0.3 is 4.90 Å². The summed E-state index contributed by atoms with van der Waals surface area (Å²) < 4.78 is 0. The molecule has 1 aliphatic heterocycles. The Morgan fingerprint density at radius 3 is 3.05 bits per heavy atom. The van der Waals surface area contributed by atoms with E-state index in [-0.39, 0.29) is 5.92 Å². The molecule has 2 aliphatic carbocycles. The van der Waals surface area contributed by atoms with Crippen LogP contribution >= 0.6 is 0 Å². The average Bonchev–Trinajstić information content (AvgIpc) is 3.13. The van der Waals surface area contributed by atoms with Crippen molar-refractivity contribution >= 4 is 5.91 Å². The van der Waals surface area contributed by atoms with E-state index in [0.29, 0.717) is 17.7 Å². The number of allylic oxidation sites excluding steroid dienone is 2. The minimum absolute atomic E-state index is 0.240. The molecule has 0 aromatic carbocycles. The summed E-state index contributed by atoms with van der Waals surface area (Å²) in [6, 6.07) is 0. The molecule has 0 saturated heterocycles. The summed E-state index contributed by atoms with van der Waals surface area (Å²) in [5, 5.41) is 7.35. The largest absolute Gasteiger partial charge is 0.338 e. The second kappa shape index (κ2) is 3.95. The number of aryl methyl sites for hydroxylation is 1. The first-order valence-electron chi connectivity index (χ1n) is 7.22. The van der Waals surface area contributed by atoms with Gasteiger partial charge in [-0.1, -0.05) is 12.2 Å². The number of carbonyl (C=O) groups excluding carboxylic acids is 1. The quantitative estimate of drug-likeness (QED) is 0.780. The molecule has 1 aromatic heterocycles. The number of aromatic amines is 1. The first-order chi connectivity index (χ1) is 9.22. The molecule has 3 aliphatic rings. The Bertz CT molecular complexity index is 560. The van der Waals surface area contributed by atoms with Crippen LogP contribution in [0.25, 0.3) is 0 Å². The van der Waals surface area contributed by atoms with Crippen LogP contribution in [0.1, 0.15) is 29.8 Å². The number of H-pyrrole nitrogens is 1. The number of hydrogen-bond acceptors (Lipinski definition) is 2. The molecule has 1 amide bonds. The van der Waals surface area contributed by atoms with E-state index in [0.717, 1.165) is 37.3 Å². The maximum Gasteiger partial charge on any atom is 0.226 e. The summed E-state index contributed by atoms with van der Waals surface area (Å²) in [5.41, 5.74) is 3.49. The van der Waals surface area contributed by atoms with E-state index in [4.69, 9.17) is 0 Å². The van der Waals surface area contributed by atoms with Crippen LogP contribution in [0.15, 0.2) is 12.2 Å². The number of aromatic nitrogens is 2. The molecule has 4 rings (SSSR count). The fraction of sp³-hybridized carbons (Fsp3) is 0.600. The standard InChI is InChI=1S/C15H19N3O/c1-9-13-8-18(5-4-14(13)17-16-9)15(19)12-7-10-2-3-11(12)6-10/h2-3,10-12H,4-8H2,1H3,(H,16,17)/t10-,11+,12-/m1/s1. The third-order valence-corrected chi connectivity index (χ3v) is 5.03. The Balaban J connectivity index is 1.53. The van der Waals surface area contributed by atoms with Crippen LogP contribution in [-0.4, -0.2) is 27.5 Å². The Morgan fingerprint density at radius 1 is 1.42 bits per heavy atom. The number of nitrogens with one attached hydrogen (secondary N) is 1. The maximum absolute atomic E-state index is 12.7. The van der Waals surface area contributed by atoms with Crippen LogP contribution in [0.2, 0.25) is 0 Å². The van der Waals surface area contributed by atoms with Crippen molar-refractivity contribution < 1.29 is 4.79 Å². The Hall–Kier alpha value is -1.58. The molecule has 0 unspecified atom stereocenters. The lowest BCUT2D eigenvalue weighted by molar-refractivity contribution is -0.137. The zero-order valence-electron chi connectivity index (χ0n) is 11.2. The molecule has 4 heteroatoms. The highest BCUT2D eigenvalue weighted by molar-refractivity contribution is 5.80. The van der Waals surface area contributed by atoms with Crippen LogP contribution in [0.4, 0.5) is 0 Å². The molecular weight excluding hydrogens is 238 g/mol. The average molecular weight is 257 g/mol. The molecule has 3 atom stereocenters. The minimum atomic E-state index is 0.240. The van der Waals surface area contributed by atoms with Crippen LogP contribution < -0.4 is 0 Å². The van der Waals surface area contributed by atoms with E-state index >= 15 is 0 Å². The van der Waals surface area contributed by atoms with Gasteiger partial charge in [0.05, 0.1) is 5.69 Å². The molecule has 0 radical (unpaired) electrons. The van der Waals surface area contributed by atoms with Crippen molar-refractivity contribution in [2.24, 2.45) is 17.8 Å². The van der Waals surface area contributed by atoms with Crippen LogP contribution in [0.5, 0.6) is 0 Å². The van der Waals surface area contributed by atoms with E-state index in [1.54, 1.807) is 0 Å². The van der Waals surface area contributed by atoms with Crippen molar-refractivity contribution in [3.8, 4) is 0 Å².